The maximum Gasteiger partial charge on any atom is 0.262 e. The molecular weight excluding hydrogens is 345 g/mol. The molecule has 0 spiro atoms. The van der Waals surface area contributed by atoms with Crippen LogP contribution in [0, 0.1) is 13.8 Å². The zero-order valence-electron chi connectivity index (χ0n) is 12.0. The highest BCUT2D eigenvalue weighted by Crippen LogP contribution is 2.27. The summed E-state index contributed by atoms with van der Waals surface area (Å²) in [6.45, 7) is 3.63. The van der Waals surface area contributed by atoms with Crippen molar-refractivity contribution in [2.24, 2.45) is 0 Å². The molecule has 1 N–H and O–H groups in total. The maximum atomic E-state index is 11.9. The van der Waals surface area contributed by atoms with Gasteiger partial charge in [-0.05, 0) is 55.3 Å². The molecule has 116 valence electrons. The van der Waals surface area contributed by atoms with E-state index in [1.807, 2.05) is 13.8 Å². The number of rotatable bonds is 4. The Bertz CT molecular complexity index is 694. The first-order valence-electron chi connectivity index (χ1n) is 6.51. The van der Waals surface area contributed by atoms with Gasteiger partial charge in [0.05, 0.1) is 10.7 Å². The normalized spacial score (nSPS) is 10.4. The molecule has 2 aromatic carbocycles. The summed E-state index contributed by atoms with van der Waals surface area (Å²) in [5.41, 5.74) is 2.25. The van der Waals surface area contributed by atoms with Gasteiger partial charge in [0.15, 0.2) is 6.61 Å². The molecule has 0 saturated carbocycles. The predicted octanol–water partition coefficient (Wildman–Crippen LogP) is 5.28. The summed E-state index contributed by atoms with van der Waals surface area (Å²) in [4.78, 5) is 11.9. The number of halogens is 3. The van der Waals surface area contributed by atoms with Crippen molar-refractivity contribution in [3.8, 4) is 5.75 Å². The predicted molar refractivity (Wildman–Crippen MR) is 91.5 cm³/mol. The van der Waals surface area contributed by atoms with Gasteiger partial charge in [-0.2, -0.15) is 0 Å². The summed E-state index contributed by atoms with van der Waals surface area (Å²) in [5, 5.41) is 4.26. The van der Waals surface area contributed by atoms with E-state index >= 15 is 0 Å². The van der Waals surface area contributed by atoms with Crippen LogP contribution in [-0.2, 0) is 4.79 Å². The maximum absolute atomic E-state index is 11.9. The van der Waals surface area contributed by atoms with Crippen molar-refractivity contribution in [3.63, 3.8) is 0 Å². The smallest absolute Gasteiger partial charge is 0.262 e. The lowest BCUT2D eigenvalue weighted by molar-refractivity contribution is -0.118. The average Bonchev–Trinajstić information content (AvgIpc) is 2.46. The molecule has 0 radical (unpaired) electrons. The second-order valence-corrected chi connectivity index (χ2v) is 6.05. The van der Waals surface area contributed by atoms with Crippen LogP contribution in [0.2, 0.25) is 15.1 Å². The molecule has 0 aliphatic carbocycles. The van der Waals surface area contributed by atoms with E-state index < -0.39 is 0 Å². The van der Waals surface area contributed by atoms with Gasteiger partial charge in [-0.15, -0.1) is 0 Å². The zero-order chi connectivity index (χ0) is 16.3. The second kappa shape index (κ2) is 7.23. The molecule has 0 aromatic heterocycles. The topological polar surface area (TPSA) is 38.3 Å². The highest BCUT2D eigenvalue weighted by Gasteiger charge is 2.09. The molecule has 22 heavy (non-hydrogen) atoms. The van der Waals surface area contributed by atoms with Crippen LogP contribution < -0.4 is 10.1 Å². The Morgan fingerprint density at radius 3 is 2.36 bits per heavy atom. The van der Waals surface area contributed by atoms with Gasteiger partial charge in [0.25, 0.3) is 5.91 Å². The van der Waals surface area contributed by atoms with E-state index in [1.54, 1.807) is 30.3 Å². The van der Waals surface area contributed by atoms with Crippen LogP contribution in [0.25, 0.3) is 0 Å². The average molecular weight is 359 g/mol. The van der Waals surface area contributed by atoms with Crippen LogP contribution in [0.15, 0.2) is 30.3 Å². The number of nitrogens with one attached hydrogen (secondary N) is 1. The minimum atomic E-state index is -0.325. The first-order chi connectivity index (χ1) is 10.4. The molecule has 0 aliphatic heterocycles. The molecule has 0 unspecified atom stereocenters. The van der Waals surface area contributed by atoms with E-state index in [0.717, 1.165) is 11.1 Å². The van der Waals surface area contributed by atoms with Crippen molar-refractivity contribution in [2.45, 2.75) is 13.8 Å². The number of hydrogen-bond donors (Lipinski definition) is 1. The minimum Gasteiger partial charge on any atom is -0.484 e. The summed E-state index contributed by atoms with van der Waals surface area (Å²) < 4.78 is 5.48. The van der Waals surface area contributed by atoms with Crippen LogP contribution in [0.4, 0.5) is 5.69 Å². The fraction of sp³-hybridized carbons (Fsp3) is 0.188. The van der Waals surface area contributed by atoms with E-state index in [2.05, 4.69) is 5.32 Å². The fourth-order valence-corrected chi connectivity index (χ4v) is 2.36. The molecule has 0 atom stereocenters. The van der Waals surface area contributed by atoms with Crippen LogP contribution in [0.1, 0.15) is 11.1 Å². The number of hydrogen-bond acceptors (Lipinski definition) is 2. The van der Waals surface area contributed by atoms with Crippen molar-refractivity contribution in [1.82, 2.24) is 0 Å². The summed E-state index contributed by atoms with van der Waals surface area (Å²) in [7, 11) is 0. The van der Waals surface area contributed by atoms with Crippen molar-refractivity contribution in [3.05, 3.63) is 56.5 Å². The zero-order valence-corrected chi connectivity index (χ0v) is 14.3. The lowest BCUT2D eigenvalue weighted by Crippen LogP contribution is -2.20. The lowest BCUT2D eigenvalue weighted by Gasteiger charge is -2.11. The van der Waals surface area contributed by atoms with Crippen molar-refractivity contribution in [1.29, 1.82) is 0 Å². The largest absolute Gasteiger partial charge is 0.484 e. The summed E-state index contributed by atoms with van der Waals surface area (Å²) in [6, 6.07) is 8.42. The SMILES string of the molecule is Cc1cc(OCC(=O)Nc2cc(Cl)ccc2Cl)cc(C)c1Cl. The van der Waals surface area contributed by atoms with Gasteiger partial charge < -0.3 is 10.1 Å². The van der Waals surface area contributed by atoms with E-state index in [-0.39, 0.29) is 12.5 Å². The quantitative estimate of drug-likeness (QED) is 0.807. The first kappa shape index (κ1) is 16.9. The van der Waals surface area contributed by atoms with Crippen LogP contribution in [0.3, 0.4) is 0 Å². The molecule has 0 bridgehead atoms. The number of aryl methyl sites for hydroxylation is 2. The van der Waals surface area contributed by atoms with E-state index in [1.165, 1.54) is 0 Å². The van der Waals surface area contributed by atoms with E-state index in [0.29, 0.717) is 26.5 Å². The van der Waals surface area contributed by atoms with Crippen LogP contribution in [-0.4, -0.2) is 12.5 Å². The third-order valence-electron chi connectivity index (χ3n) is 2.98. The third kappa shape index (κ3) is 4.29. The molecule has 0 aliphatic rings. The standard InChI is InChI=1S/C16H14Cl3NO2/c1-9-5-12(6-10(2)16(9)19)22-8-15(21)20-14-7-11(17)3-4-13(14)18/h3-7H,8H2,1-2H3,(H,20,21). The molecule has 3 nitrogen and oxygen atoms in total. The molecule has 0 saturated heterocycles. The van der Waals surface area contributed by atoms with E-state index in [9.17, 15) is 4.79 Å². The van der Waals surface area contributed by atoms with E-state index in [4.69, 9.17) is 39.5 Å². The molecule has 2 aromatic rings. The molecule has 0 fully saturated rings. The number of carbonyl (C=O) groups is 1. The first-order valence-corrected chi connectivity index (χ1v) is 7.64. The number of amides is 1. The van der Waals surface area contributed by atoms with Gasteiger partial charge in [0.2, 0.25) is 0 Å². The monoisotopic (exact) mass is 357 g/mol. The Hall–Kier alpha value is -1.42. The van der Waals surface area contributed by atoms with Gasteiger partial charge in [0, 0.05) is 10.0 Å². The van der Waals surface area contributed by atoms with Gasteiger partial charge >= 0.3 is 0 Å². The van der Waals surface area contributed by atoms with Gasteiger partial charge in [-0.1, -0.05) is 34.8 Å². The van der Waals surface area contributed by atoms with Gasteiger partial charge in [0.1, 0.15) is 5.75 Å². The second-order valence-electron chi connectivity index (χ2n) is 4.83. The highest BCUT2D eigenvalue weighted by atomic mass is 35.5. The lowest BCUT2D eigenvalue weighted by atomic mass is 10.1. The Morgan fingerprint density at radius 2 is 1.73 bits per heavy atom. The minimum absolute atomic E-state index is 0.136. The highest BCUT2D eigenvalue weighted by molar-refractivity contribution is 6.35. The van der Waals surface area contributed by atoms with Crippen LogP contribution >= 0.6 is 34.8 Å². The third-order valence-corrected chi connectivity index (χ3v) is 4.14. The van der Waals surface area contributed by atoms with Crippen molar-refractivity contribution >= 4 is 46.4 Å². The molecule has 0 heterocycles. The van der Waals surface area contributed by atoms with Crippen molar-refractivity contribution < 1.29 is 9.53 Å². The molecule has 1 amide bonds. The van der Waals surface area contributed by atoms with Gasteiger partial charge in [-0.25, -0.2) is 0 Å². The Kier molecular flexibility index (Phi) is 5.57. The summed E-state index contributed by atoms with van der Waals surface area (Å²) in [5.74, 6) is 0.265. The number of anilines is 1. The molecule has 2 rings (SSSR count). The number of benzene rings is 2. The molecule has 6 heteroatoms. The Balaban J connectivity index is 2.00. The summed E-state index contributed by atoms with van der Waals surface area (Å²) in [6.07, 6.45) is 0. The summed E-state index contributed by atoms with van der Waals surface area (Å²) >= 11 is 17.9. The van der Waals surface area contributed by atoms with Crippen LogP contribution in [0.5, 0.6) is 5.75 Å². The number of ether oxygens (including phenoxy) is 1. The number of carbonyl (C=O) groups excluding carboxylic acids is 1. The Morgan fingerprint density at radius 1 is 1.09 bits per heavy atom. The fourth-order valence-electron chi connectivity index (χ4n) is 1.92. The van der Waals surface area contributed by atoms with Gasteiger partial charge in [-0.3, -0.25) is 4.79 Å². The molecular formula is C16H14Cl3NO2. The van der Waals surface area contributed by atoms with Crippen molar-refractivity contribution in [2.75, 3.05) is 11.9 Å². The Labute approximate surface area is 144 Å².